The normalized spacial score (nSPS) is 10.2. The lowest BCUT2D eigenvalue weighted by Crippen LogP contribution is -1.95. The van der Waals surface area contributed by atoms with Gasteiger partial charge >= 0.3 is 0 Å². The van der Waals surface area contributed by atoms with E-state index in [1.807, 2.05) is 30.3 Å². The van der Waals surface area contributed by atoms with Crippen LogP contribution in [0.15, 0.2) is 48.5 Å². The van der Waals surface area contributed by atoms with Gasteiger partial charge in [0, 0.05) is 0 Å². The van der Waals surface area contributed by atoms with Crippen LogP contribution in [0.2, 0.25) is 0 Å². The SMILES string of the molecule is OCc1ccc(OCc2cccc(O)c2)cc1. The fraction of sp³-hybridized carbons (Fsp3) is 0.143. The van der Waals surface area contributed by atoms with Crippen molar-refractivity contribution in [2.24, 2.45) is 0 Å². The zero-order valence-corrected chi connectivity index (χ0v) is 9.34. The van der Waals surface area contributed by atoms with Crippen molar-refractivity contribution in [3.8, 4) is 11.5 Å². The predicted molar refractivity (Wildman–Crippen MR) is 64.8 cm³/mol. The van der Waals surface area contributed by atoms with Crippen LogP contribution in [0.3, 0.4) is 0 Å². The maximum absolute atomic E-state index is 9.30. The van der Waals surface area contributed by atoms with Crippen molar-refractivity contribution >= 4 is 0 Å². The minimum absolute atomic E-state index is 0.0346. The molecule has 0 saturated heterocycles. The van der Waals surface area contributed by atoms with E-state index >= 15 is 0 Å². The van der Waals surface area contributed by atoms with E-state index < -0.39 is 0 Å². The number of aromatic hydroxyl groups is 1. The summed E-state index contributed by atoms with van der Waals surface area (Å²) in [7, 11) is 0. The first kappa shape index (κ1) is 11.5. The van der Waals surface area contributed by atoms with Gasteiger partial charge in [-0.2, -0.15) is 0 Å². The van der Waals surface area contributed by atoms with Crippen LogP contribution in [0.1, 0.15) is 11.1 Å². The number of aliphatic hydroxyl groups excluding tert-OH is 1. The molecule has 2 N–H and O–H groups in total. The number of rotatable bonds is 4. The highest BCUT2D eigenvalue weighted by atomic mass is 16.5. The molecular weight excluding hydrogens is 216 g/mol. The van der Waals surface area contributed by atoms with Crippen molar-refractivity contribution in [2.45, 2.75) is 13.2 Å². The van der Waals surface area contributed by atoms with Crippen LogP contribution in [-0.2, 0) is 13.2 Å². The smallest absolute Gasteiger partial charge is 0.119 e. The van der Waals surface area contributed by atoms with Gasteiger partial charge in [-0.15, -0.1) is 0 Å². The molecule has 0 spiro atoms. The molecule has 0 amide bonds. The van der Waals surface area contributed by atoms with Crippen molar-refractivity contribution in [3.05, 3.63) is 59.7 Å². The Morgan fingerprint density at radius 3 is 2.35 bits per heavy atom. The van der Waals surface area contributed by atoms with Crippen LogP contribution in [0.25, 0.3) is 0 Å². The van der Waals surface area contributed by atoms with Crippen LogP contribution in [-0.4, -0.2) is 10.2 Å². The van der Waals surface area contributed by atoms with Crippen LogP contribution in [0.5, 0.6) is 11.5 Å². The molecule has 2 aromatic carbocycles. The Kier molecular flexibility index (Phi) is 3.62. The molecule has 0 saturated carbocycles. The standard InChI is InChI=1S/C14H14O3/c15-9-11-4-6-14(7-5-11)17-10-12-2-1-3-13(16)8-12/h1-8,15-16H,9-10H2. The quantitative estimate of drug-likeness (QED) is 0.848. The molecule has 3 nitrogen and oxygen atoms in total. The van der Waals surface area contributed by atoms with E-state index in [1.165, 1.54) is 0 Å². The fourth-order valence-corrected chi connectivity index (χ4v) is 1.50. The zero-order chi connectivity index (χ0) is 12.1. The number of hydrogen-bond acceptors (Lipinski definition) is 3. The van der Waals surface area contributed by atoms with Gasteiger partial charge < -0.3 is 14.9 Å². The van der Waals surface area contributed by atoms with E-state index in [0.717, 1.165) is 16.9 Å². The minimum atomic E-state index is 0.0346. The fourth-order valence-electron chi connectivity index (χ4n) is 1.50. The number of benzene rings is 2. The minimum Gasteiger partial charge on any atom is -0.508 e. The summed E-state index contributed by atoms with van der Waals surface area (Å²) in [5, 5.41) is 18.2. The van der Waals surface area contributed by atoms with Crippen molar-refractivity contribution in [1.82, 2.24) is 0 Å². The molecule has 0 atom stereocenters. The van der Waals surface area contributed by atoms with E-state index in [2.05, 4.69) is 0 Å². The Labute approximate surface area is 99.9 Å². The van der Waals surface area contributed by atoms with Crippen molar-refractivity contribution in [3.63, 3.8) is 0 Å². The average Bonchev–Trinajstić information content (AvgIpc) is 2.37. The molecule has 0 bridgehead atoms. The molecule has 88 valence electrons. The third kappa shape index (κ3) is 3.23. The first-order valence-electron chi connectivity index (χ1n) is 5.38. The lowest BCUT2D eigenvalue weighted by molar-refractivity contribution is 0.280. The van der Waals surface area contributed by atoms with Gasteiger partial charge in [-0.05, 0) is 35.4 Å². The maximum atomic E-state index is 9.30. The van der Waals surface area contributed by atoms with Gasteiger partial charge in [-0.3, -0.25) is 0 Å². The molecule has 17 heavy (non-hydrogen) atoms. The van der Waals surface area contributed by atoms with Crippen LogP contribution >= 0.6 is 0 Å². The summed E-state index contributed by atoms with van der Waals surface area (Å²) in [6, 6.07) is 14.2. The zero-order valence-electron chi connectivity index (χ0n) is 9.34. The second-order valence-electron chi connectivity index (χ2n) is 3.76. The van der Waals surface area contributed by atoms with Gasteiger partial charge in [-0.1, -0.05) is 24.3 Å². The highest BCUT2D eigenvalue weighted by Gasteiger charge is 1.97. The highest BCUT2D eigenvalue weighted by molar-refractivity contribution is 5.29. The van der Waals surface area contributed by atoms with Gasteiger partial charge in [0.25, 0.3) is 0 Å². The van der Waals surface area contributed by atoms with E-state index in [1.54, 1.807) is 18.2 Å². The van der Waals surface area contributed by atoms with E-state index in [-0.39, 0.29) is 12.4 Å². The molecule has 2 aromatic rings. The Balaban J connectivity index is 1.97. The van der Waals surface area contributed by atoms with Crippen LogP contribution < -0.4 is 4.74 Å². The summed E-state index contributed by atoms with van der Waals surface area (Å²) in [5.74, 6) is 0.979. The molecule has 0 aliphatic carbocycles. The first-order chi connectivity index (χ1) is 8.28. The Morgan fingerprint density at radius 2 is 1.71 bits per heavy atom. The van der Waals surface area contributed by atoms with E-state index in [4.69, 9.17) is 9.84 Å². The summed E-state index contributed by atoms with van der Waals surface area (Å²) in [6.45, 7) is 0.444. The molecule has 0 radical (unpaired) electrons. The molecule has 0 fully saturated rings. The highest BCUT2D eigenvalue weighted by Crippen LogP contribution is 2.16. The Hall–Kier alpha value is -2.00. The van der Waals surface area contributed by atoms with Crippen molar-refractivity contribution in [1.29, 1.82) is 0 Å². The molecule has 0 aliphatic heterocycles. The van der Waals surface area contributed by atoms with Gasteiger partial charge in [0.1, 0.15) is 18.1 Å². The first-order valence-corrected chi connectivity index (χ1v) is 5.38. The number of ether oxygens (including phenoxy) is 1. The molecule has 3 heteroatoms. The third-order valence-corrected chi connectivity index (χ3v) is 2.42. The molecule has 0 heterocycles. The monoisotopic (exact) mass is 230 g/mol. The van der Waals surface area contributed by atoms with E-state index in [9.17, 15) is 5.11 Å². The molecule has 0 unspecified atom stereocenters. The van der Waals surface area contributed by atoms with Crippen molar-refractivity contribution in [2.75, 3.05) is 0 Å². The molecule has 2 rings (SSSR count). The number of hydrogen-bond donors (Lipinski definition) is 2. The average molecular weight is 230 g/mol. The Bertz CT molecular complexity index is 477. The second kappa shape index (κ2) is 5.37. The van der Waals surface area contributed by atoms with E-state index in [0.29, 0.717) is 6.61 Å². The van der Waals surface area contributed by atoms with Gasteiger partial charge in [-0.25, -0.2) is 0 Å². The van der Waals surface area contributed by atoms with Gasteiger partial charge in [0.05, 0.1) is 6.61 Å². The number of phenols is 1. The van der Waals surface area contributed by atoms with Crippen LogP contribution in [0, 0.1) is 0 Å². The third-order valence-electron chi connectivity index (χ3n) is 2.42. The maximum Gasteiger partial charge on any atom is 0.119 e. The predicted octanol–water partition coefficient (Wildman–Crippen LogP) is 2.46. The summed E-state index contributed by atoms with van der Waals surface area (Å²) in [5.41, 5.74) is 1.77. The van der Waals surface area contributed by atoms with Gasteiger partial charge in [0.15, 0.2) is 0 Å². The Morgan fingerprint density at radius 1 is 0.941 bits per heavy atom. The summed E-state index contributed by atoms with van der Waals surface area (Å²) < 4.78 is 5.55. The van der Waals surface area contributed by atoms with Crippen molar-refractivity contribution < 1.29 is 14.9 Å². The largest absolute Gasteiger partial charge is 0.508 e. The topological polar surface area (TPSA) is 49.7 Å². The molecular formula is C14H14O3. The lowest BCUT2D eigenvalue weighted by atomic mass is 10.2. The van der Waals surface area contributed by atoms with Gasteiger partial charge in [0.2, 0.25) is 0 Å². The number of phenolic OH excluding ortho intramolecular Hbond substituents is 1. The number of aliphatic hydroxyl groups is 1. The lowest BCUT2D eigenvalue weighted by Gasteiger charge is -2.07. The summed E-state index contributed by atoms with van der Waals surface area (Å²) >= 11 is 0. The molecule has 0 aliphatic rings. The van der Waals surface area contributed by atoms with Crippen LogP contribution in [0.4, 0.5) is 0 Å². The summed E-state index contributed by atoms with van der Waals surface area (Å²) in [4.78, 5) is 0. The summed E-state index contributed by atoms with van der Waals surface area (Å²) in [6.07, 6.45) is 0. The molecule has 0 aromatic heterocycles. The second-order valence-corrected chi connectivity index (χ2v) is 3.76.